The molecule has 1 aromatic carbocycles. The number of carbonyl (C=O) groups excluding carboxylic acids is 2. The normalized spacial score (nSPS) is 12.7. The molecule has 6 heteroatoms. The Morgan fingerprint density at radius 1 is 1.19 bits per heavy atom. The Morgan fingerprint density at radius 3 is 2.42 bits per heavy atom. The molecule has 2 N–H and O–H groups in total. The van der Waals surface area contributed by atoms with Crippen molar-refractivity contribution in [3.8, 4) is 0 Å². The van der Waals surface area contributed by atoms with Gasteiger partial charge in [-0.3, -0.25) is 9.59 Å². The SMILES string of the molecule is CC(=O)C(CC=CCCCOC(C)(C)C(=O)O)NC(=O)c1ccccc1. The Bertz CT molecular complexity index is 637. The first-order valence-electron chi connectivity index (χ1n) is 8.62. The van der Waals surface area contributed by atoms with Crippen LogP contribution < -0.4 is 5.32 Å². The maximum atomic E-state index is 12.1. The van der Waals surface area contributed by atoms with Gasteiger partial charge in [-0.25, -0.2) is 4.79 Å². The number of benzene rings is 1. The number of aliphatic carboxylic acids is 1. The molecule has 0 radical (unpaired) electrons. The van der Waals surface area contributed by atoms with Gasteiger partial charge in [0.1, 0.15) is 0 Å². The largest absolute Gasteiger partial charge is 0.479 e. The van der Waals surface area contributed by atoms with E-state index in [9.17, 15) is 14.4 Å². The molecule has 0 heterocycles. The van der Waals surface area contributed by atoms with E-state index in [0.717, 1.165) is 0 Å². The second-order valence-corrected chi connectivity index (χ2v) is 6.52. The molecule has 0 fully saturated rings. The summed E-state index contributed by atoms with van der Waals surface area (Å²) in [5.74, 6) is -1.37. The van der Waals surface area contributed by atoms with Gasteiger partial charge in [0, 0.05) is 12.2 Å². The number of carboxylic acids is 1. The topological polar surface area (TPSA) is 92.7 Å². The van der Waals surface area contributed by atoms with Crippen molar-refractivity contribution in [3.63, 3.8) is 0 Å². The summed E-state index contributed by atoms with van der Waals surface area (Å²) in [6, 6.07) is 8.18. The molecule has 0 aliphatic rings. The van der Waals surface area contributed by atoms with Gasteiger partial charge in [-0.1, -0.05) is 30.4 Å². The van der Waals surface area contributed by atoms with Gasteiger partial charge in [0.15, 0.2) is 11.4 Å². The number of carbonyl (C=O) groups is 3. The third kappa shape index (κ3) is 7.61. The number of hydrogen-bond donors (Lipinski definition) is 2. The fraction of sp³-hybridized carbons (Fsp3) is 0.450. The molecule has 1 atom stereocenters. The first-order valence-corrected chi connectivity index (χ1v) is 8.62. The lowest BCUT2D eigenvalue weighted by molar-refractivity contribution is -0.161. The lowest BCUT2D eigenvalue weighted by Crippen LogP contribution is -2.39. The summed E-state index contributed by atoms with van der Waals surface area (Å²) < 4.78 is 5.31. The summed E-state index contributed by atoms with van der Waals surface area (Å²) >= 11 is 0. The monoisotopic (exact) mass is 361 g/mol. The molecule has 6 nitrogen and oxygen atoms in total. The first-order chi connectivity index (χ1) is 12.2. The van der Waals surface area contributed by atoms with Crippen LogP contribution in [0, 0.1) is 0 Å². The van der Waals surface area contributed by atoms with Gasteiger partial charge in [0.05, 0.1) is 6.04 Å². The van der Waals surface area contributed by atoms with Crippen LogP contribution in [0.15, 0.2) is 42.5 Å². The third-order valence-corrected chi connectivity index (χ3v) is 3.86. The fourth-order valence-corrected chi connectivity index (χ4v) is 2.10. The second-order valence-electron chi connectivity index (χ2n) is 6.52. The van der Waals surface area contributed by atoms with Crippen molar-refractivity contribution in [1.29, 1.82) is 0 Å². The molecule has 0 saturated carbocycles. The van der Waals surface area contributed by atoms with Crippen LogP contribution in [0.1, 0.15) is 50.4 Å². The number of unbranched alkanes of at least 4 members (excludes halogenated alkanes) is 1. The van der Waals surface area contributed by atoms with E-state index in [-0.39, 0.29) is 11.7 Å². The molecule has 0 aliphatic heterocycles. The van der Waals surface area contributed by atoms with Gasteiger partial charge >= 0.3 is 5.97 Å². The highest BCUT2D eigenvalue weighted by atomic mass is 16.5. The van der Waals surface area contributed by atoms with Crippen LogP contribution in [0.4, 0.5) is 0 Å². The van der Waals surface area contributed by atoms with Gasteiger partial charge in [0.2, 0.25) is 0 Å². The molecule has 1 rings (SSSR count). The van der Waals surface area contributed by atoms with E-state index in [1.807, 2.05) is 18.2 Å². The van der Waals surface area contributed by atoms with Gasteiger partial charge < -0.3 is 15.2 Å². The van der Waals surface area contributed by atoms with E-state index in [0.29, 0.717) is 31.4 Å². The van der Waals surface area contributed by atoms with Crippen molar-refractivity contribution in [3.05, 3.63) is 48.0 Å². The number of nitrogens with one attached hydrogen (secondary N) is 1. The third-order valence-electron chi connectivity index (χ3n) is 3.86. The molecule has 1 unspecified atom stereocenters. The highest BCUT2D eigenvalue weighted by Crippen LogP contribution is 2.10. The van der Waals surface area contributed by atoms with Crippen molar-refractivity contribution < 1.29 is 24.2 Å². The van der Waals surface area contributed by atoms with Crippen LogP contribution in [-0.2, 0) is 14.3 Å². The van der Waals surface area contributed by atoms with E-state index >= 15 is 0 Å². The molecule has 0 aliphatic carbocycles. The number of amides is 1. The molecule has 0 spiro atoms. The molecule has 0 aromatic heterocycles. The predicted molar refractivity (Wildman–Crippen MR) is 99.0 cm³/mol. The smallest absolute Gasteiger partial charge is 0.335 e. The predicted octanol–water partition coefficient (Wildman–Crippen LogP) is 2.98. The van der Waals surface area contributed by atoms with Crippen molar-refractivity contribution in [2.24, 2.45) is 0 Å². The number of hydrogen-bond acceptors (Lipinski definition) is 4. The van der Waals surface area contributed by atoms with Crippen LogP contribution >= 0.6 is 0 Å². The number of ether oxygens (including phenoxy) is 1. The van der Waals surface area contributed by atoms with Crippen LogP contribution in [0.3, 0.4) is 0 Å². The standard InChI is InChI=1S/C20H27NO5/c1-15(22)17(21-18(23)16-11-7-6-8-12-16)13-9-4-5-10-14-26-20(2,3)19(24)25/h4,6-9,11-12,17H,5,10,13-14H2,1-3H3,(H,21,23)(H,24,25). The van der Waals surface area contributed by atoms with Gasteiger partial charge in [-0.15, -0.1) is 0 Å². The molecule has 142 valence electrons. The minimum atomic E-state index is -1.19. The van der Waals surface area contributed by atoms with Crippen molar-refractivity contribution in [2.45, 2.75) is 51.7 Å². The van der Waals surface area contributed by atoms with E-state index in [1.54, 1.807) is 24.3 Å². The minimum Gasteiger partial charge on any atom is -0.479 e. The molecule has 1 aromatic rings. The fourth-order valence-electron chi connectivity index (χ4n) is 2.10. The summed E-state index contributed by atoms with van der Waals surface area (Å²) in [5, 5.41) is 11.7. The summed E-state index contributed by atoms with van der Waals surface area (Å²) in [5.41, 5.74) is -0.675. The molecule has 26 heavy (non-hydrogen) atoms. The number of rotatable bonds is 11. The Morgan fingerprint density at radius 2 is 1.85 bits per heavy atom. The van der Waals surface area contributed by atoms with E-state index < -0.39 is 17.6 Å². The van der Waals surface area contributed by atoms with Crippen LogP contribution in [0.25, 0.3) is 0 Å². The Kier molecular flexibility index (Phi) is 8.72. The lowest BCUT2D eigenvalue weighted by Gasteiger charge is -2.19. The highest BCUT2D eigenvalue weighted by Gasteiger charge is 2.27. The average molecular weight is 361 g/mol. The molecule has 0 saturated heterocycles. The maximum Gasteiger partial charge on any atom is 0.335 e. The number of allylic oxidation sites excluding steroid dienone is 1. The Balaban J connectivity index is 2.37. The zero-order valence-electron chi connectivity index (χ0n) is 15.5. The summed E-state index contributed by atoms with van der Waals surface area (Å²) in [7, 11) is 0. The van der Waals surface area contributed by atoms with Crippen LogP contribution in [0.5, 0.6) is 0 Å². The van der Waals surface area contributed by atoms with Crippen LogP contribution in [-0.4, -0.2) is 41.0 Å². The van der Waals surface area contributed by atoms with Crippen molar-refractivity contribution >= 4 is 17.7 Å². The Hall–Kier alpha value is -2.47. The molecular weight excluding hydrogens is 334 g/mol. The average Bonchev–Trinajstić information content (AvgIpc) is 2.60. The van der Waals surface area contributed by atoms with Crippen LogP contribution in [0.2, 0.25) is 0 Å². The zero-order valence-corrected chi connectivity index (χ0v) is 15.5. The van der Waals surface area contributed by atoms with Crippen molar-refractivity contribution in [2.75, 3.05) is 6.61 Å². The highest BCUT2D eigenvalue weighted by molar-refractivity contribution is 5.97. The second kappa shape index (κ2) is 10.5. The van der Waals surface area contributed by atoms with E-state index in [4.69, 9.17) is 9.84 Å². The number of ketones is 1. The van der Waals surface area contributed by atoms with Gasteiger partial charge in [-0.2, -0.15) is 0 Å². The van der Waals surface area contributed by atoms with E-state index in [1.165, 1.54) is 20.8 Å². The van der Waals surface area contributed by atoms with Gasteiger partial charge in [-0.05, 0) is 52.2 Å². The summed E-state index contributed by atoms with van der Waals surface area (Å²) in [4.78, 5) is 34.8. The number of Topliss-reactive ketones (excluding diaryl/α,β-unsaturated/α-hetero) is 1. The van der Waals surface area contributed by atoms with Gasteiger partial charge in [0.25, 0.3) is 5.91 Å². The summed E-state index contributed by atoms with van der Waals surface area (Å²) in [6.07, 6.45) is 5.54. The number of carboxylic acid groups (broad SMARTS) is 1. The maximum absolute atomic E-state index is 12.1. The Labute approximate surface area is 154 Å². The lowest BCUT2D eigenvalue weighted by atomic mass is 10.1. The molecular formula is C20H27NO5. The molecule has 1 amide bonds. The minimum absolute atomic E-state index is 0.106. The molecule has 0 bridgehead atoms. The van der Waals surface area contributed by atoms with Crippen molar-refractivity contribution in [1.82, 2.24) is 5.32 Å². The zero-order chi connectivity index (χ0) is 19.6. The first kappa shape index (κ1) is 21.6. The summed E-state index contributed by atoms with van der Waals surface area (Å²) in [6.45, 7) is 4.81. The quantitative estimate of drug-likeness (QED) is 0.467. The van der Waals surface area contributed by atoms with E-state index in [2.05, 4.69) is 5.32 Å².